The van der Waals surface area contributed by atoms with Crippen molar-refractivity contribution in [1.82, 2.24) is 15.3 Å². The highest BCUT2D eigenvalue weighted by Gasteiger charge is 2.19. The second-order valence-corrected chi connectivity index (χ2v) is 4.44. The van der Waals surface area contributed by atoms with Crippen molar-refractivity contribution in [2.75, 3.05) is 5.73 Å². The molecule has 0 radical (unpaired) electrons. The van der Waals surface area contributed by atoms with Crippen LogP contribution in [-0.4, -0.2) is 20.8 Å². The van der Waals surface area contributed by atoms with E-state index in [1.54, 1.807) is 12.3 Å². The van der Waals surface area contributed by atoms with Crippen molar-refractivity contribution in [1.29, 1.82) is 0 Å². The van der Waals surface area contributed by atoms with Gasteiger partial charge in [0.1, 0.15) is 12.0 Å². The van der Waals surface area contributed by atoms with Gasteiger partial charge in [-0.25, -0.2) is 9.97 Å². The Labute approximate surface area is 124 Å². The molecular weight excluding hydrogens is 298 g/mol. The molecule has 2 rings (SSSR count). The minimum Gasteiger partial charge on any atom is -0.392 e. The molecule has 0 fully saturated rings. The van der Waals surface area contributed by atoms with Crippen LogP contribution in [0.25, 0.3) is 0 Å². The summed E-state index contributed by atoms with van der Waals surface area (Å²) >= 11 is 5.79. The molecule has 0 unspecified atom stereocenters. The van der Waals surface area contributed by atoms with Crippen molar-refractivity contribution in [3.05, 3.63) is 57.1 Å². The van der Waals surface area contributed by atoms with Gasteiger partial charge < -0.3 is 11.1 Å². The van der Waals surface area contributed by atoms with Crippen molar-refractivity contribution < 1.29 is 9.72 Å². The molecule has 2 aromatic rings. The number of carbonyl (C=O) groups excluding carboxylic acids is 1. The number of nitro benzene ring substituents is 1. The van der Waals surface area contributed by atoms with E-state index in [1.165, 1.54) is 12.4 Å². The number of aromatic nitrogens is 2. The molecular formula is C12H10ClN5O3. The van der Waals surface area contributed by atoms with Gasteiger partial charge in [-0.2, -0.15) is 0 Å². The van der Waals surface area contributed by atoms with Gasteiger partial charge in [-0.15, -0.1) is 0 Å². The monoisotopic (exact) mass is 307 g/mol. The van der Waals surface area contributed by atoms with E-state index in [1.807, 2.05) is 0 Å². The van der Waals surface area contributed by atoms with Gasteiger partial charge in [-0.3, -0.25) is 14.9 Å². The highest BCUT2D eigenvalue weighted by molar-refractivity contribution is 6.34. The lowest BCUT2D eigenvalue weighted by molar-refractivity contribution is -0.383. The van der Waals surface area contributed by atoms with E-state index in [-0.39, 0.29) is 22.8 Å². The lowest BCUT2D eigenvalue weighted by Crippen LogP contribution is -2.23. The number of rotatable bonds is 4. The second kappa shape index (κ2) is 6.14. The number of benzene rings is 1. The summed E-state index contributed by atoms with van der Waals surface area (Å²) in [5.74, 6) is -0.515. The van der Waals surface area contributed by atoms with Crippen LogP contribution in [0.2, 0.25) is 5.02 Å². The second-order valence-electron chi connectivity index (χ2n) is 4.03. The summed E-state index contributed by atoms with van der Waals surface area (Å²) in [5.41, 5.74) is 5.57. The Bertz CT molecular complexity index is 693. The van der Waals surface area contributed by atoms with Gasteiger partial charge in [-0.05, 0) is 12.1 Å². The number of nitro groups is 1. The van der Waals surface area contributed by atoms with Crippen molar-refractivity contribution in [3.8, 4) is 0 Å². The topological polar surface area (TPSA) is 124 Å². The smallest absolute Gasteiger partial charge is 0.294 e. The van der Waals surface area contributed by atoms with Crippen LogP contribution in [0.5, 0.6) is 0 Å². The Morgan fingerprint density at radius 1 is 1.48 bits per heavy atom. The number of nitrogens with zero attached hydrogens (tertiary/aromatic N) is 3. The number of amides is 1. The fraction of sp³-hybridized carbons (Fsp3) is 0.0833. The first kappa shape index (κ1) is 14.7. The first-order valence-electron chi connectivity index (χ1n) is 5.75. The van der Waals surface area contributed by atoms with Crippen LogP contribution in [0.15, 0.2) is 30.7 Å². The van der Waals surface area contributed by atoms with Crippen molar-refractivity contribution in [2.45, 2.75) is 6.54 Å². The predicted octanol–water partition coefficient (Wildman–Crippen LogP) is 1.55. The maximum absolute atomic E-state index is 12.0. The van der Waals surface area contributed by atoms with Gasteiger partial charge in [0.25, 0.3) is 11.6 Å². The van der Waals surface area contributed by atoms with E-state index in [0.29, 0.717) is 5.69 Å². The van der Waals surface area contributed by atoms with Crippen molar-refractivity contribution >= 4 is 28.9 Å². The molecule has 0 aliphatic carbocycles. The molecule has 0 aliphatic heterocycles. The molecule has 0 saturated carbocycles. The van der Waals surface area contributed by atoms with Gasteiger partial charge in [0.05, 0.1) is 22.2 Å². The molecule has 0 atom stereocenters. The quantitative estimate of drug-likeness (QED) is 0.501. The van der Waals surface area contributed by atoms with Crippen LogP contribution < -0.4 is 11.1 Å². The zero-order chi connectivity index (χ0) is 15.4. The summed E-state index contributed by atoms with van der Waals surface area (Å²) in [5, 5.41) is 13.4. The average molecular weight is 308 g/mol. The summed E-state index contributed by atoms with van der Waals surface area (Å²) in [6.45, 7) is 0.164. The van der Waals surface area contributed by atoms with E-state index in [2.05, 4.69) is 15.3 Å². The molecule has 1 amide bonds. The molecule has 0 bridgehead atoms. The number of nitrogens with two attached hydrogens (primary N) is 1. The molecule has 9 heteroatoms. The lowest BCUT2D eigenvalue weighted by atomic mass is 10.1. The summed E-state index contributed by atoms with van der Waals surface area (Å²) in [6.07, 6.45) is 2.89. The van der Waals surface area contributed by atoms with Crippen LogP contribution in [0.4, 0.5) is 11.4 Å². The average Bonchev–Trinajstić information content (AvgIpc) is 2.48. The van der Waals surface area contributed by atoms with Gasteiger partial charge in [0.15, 0.2) is 0 Å². The maximum atomic E-state index is 12.0. The highest BCUT2D eigenvalue weighted by atomic mass is 35.5. The van der Waals surface area contributed by atoms with E-state index in [9.17, 15) is 14.9 Å². The van der Waals surface area contributed by atoms with Crippen LogP contribution in [-0.2, 0) is 6.54 Å². The lowest BCUT2D eigenvalue weighted by Gasteiger charge is -2.06. The largest absolute Gasteiger partial charge is 0.392 e. The number of anilines is 1. The van der Waals surface area contributed by atoms with Crippen LogP contribution in [0, 0.1) is 10.1 Å². The summed E-state index contributed by atoms with van der Waals surface area (Å²) < 4.78 is 0. The van der Waals surface area contributed by atoms with Gasteiger partial charge >= 0.3 is 0 Å². The van der Waals surface area contributed by atoms with Crippen LogP contribution in [0.3, 0.4) is 0 Å². The SMILES string of the molecule is Nc1c(Cl)cc(C(=O)NCc2ccncn2)cc1[N+](=O)[O-]. The number of hydrogen-bond acceptors (Lipinski definition) is 6. The molecule has 8 nitrogen and oxygen atoms in total. The van der Waals surface area contributed by atoms with Crippen LogP contribution >= 0.6 is 11.6 Å². The highest BCUT2D eigenvalue weighted by Crippen LogP contribution is 2.30. The molecule has 1 heterocycles. The van der Waals surface area contributed by atoms with E-state index in [4.69, 9.17) is 17.3 Å². The minimum absolute atomic E-state index is 0.0450. The molecule has 0 aliphatic rings. The fourth-order valence-electron chi connectivity index (χ4n) is 1.58. The Morgan fingerprint density at radius 2 is 2.24 bits per heavy atom. The van der Waals surface area contributed by atoms with Crippen molar-refractivity contribution in [3.63, 3.8) is 0 Å². The Balaban J connectivity index is 2.18. The third kappa shape index (κ3) is 3.42. The van der Waals surface area contributed by atoms with Crippen LogP contribution in [0.1, 0.15) is 16.1 Å². The van der Waals surface area contributed by atoms with Crippen molar-refractivity contribution in [2.24, 2.45) is 0 Å². The van der Waals surface area contributed by atoms with Gasteiger partial charge in [0, 0.05) is 17.8 Å². The van der Waals surface area contributed by atoms with Gasteiger partial charge in [-0.1, -0.05) is 11.6 Å². The summed E-state index contributed by atoms with van der Waals surface area (Å²) in [4.78, 5) is 29.8. The molecule has 21 heavy (non-hydrogen) atoms. The third-order valence-electron chi connectivity index (χ3n) is 2.64. The van der Waals surface area contributed by atoms with E-state index < -0.39 is 16.5 Å². The Morgan fingerprint density at radius 3 is 2.86 bits per heavy atom. The number of hydrogen-bond donors (Lipinski definition) is 2. The first-order valence-corrected chi connectivity index (χ1v) is 6.13. The zero-order valence-corrected chi connectivity index (χ0v) is 11.4. The predicted molar refractivity (Wildman–Crippen MR) is 75.7 cm³/mol. The molecule has 0 spiro atoms. The molecule has 1 aromatic carbocycles. The standard InChI is InChI=1S/C12H10ClN5O3/c13-9-3-7(4-10(11(9)14)18(20)21)12(19)16-5-8-1-2-15-6-17-8/h1-4,6H,5,14H2,(H,16,19). The molecule has 0 saturated heterocycles. The number of carbonyl (C=O) groups is 1. The minimum atomic E-state index is -0.692. The molecule has 1 aromatic heterocycles. The maximum Gasteiger partial charge on any atom is 0.294 e. The third-order valence-corrected chi connectivity index (χ3v) is 2.95. The number of halogens is 1. The Hall–Kier alpha value is -2.74. The summed E-state index contributed by atoms with van der Waals surface area (Å²) in [6, 6.07) is 3.99. The fourth-order valence-corrected chi connectivity index (χ4v) is 1.80. The number of nitrogen functional groups attached to an aromatic ring is 1. The summed E-state index contributed by atoms with van der Waals surface area (Å²) in [7, 11) is 0. The molecule has 3 N–H and O–H groups in total. The zero-order valence-electron chi connectivity index (χ0n) is 10.6. The molecule has 108 valence electrons. The van der Waals surface area contributed by atoms with E-state index >= 15 is 0 Å². The van der Waals surface area contributed by atoms with Gasteiger partial charge in [0.2, 0.25) is 0 Å². The number of nitrogens with one attached hydrogen (secondary N) is 1. The first-order chi connectivity index (χ1) is 9.99. The van der Waals surface area contributed by atoms with E-state index in [0.717, 1.165) is 6.07 Å². The normalized spacial score (nSPS) is 10.1. The Kier molecular flexibility index (Phi) is 4.29.